The van der Waals surface area contributed by atoms with Gasteiger partial charge in [-0.15, -0.1) is 0 Å². The van der Waals surface area contributed by atoms with Gasteiger partial charge in [0.25, 0.3) is 23.5 Å². The molecular formula is C25H18Cl4IN5O4. The quantitative estimate of drug-likeness (QED) is 0.134. The Bertz CT molecular complexity index is 1680. The van der Waals surface area contributed by atoms with Crippen molar-refractivity contribution < 1.29 is 18.9 Å². The number of benzene rings is 2. The van der Waals surface area contributed by atoms with Gasteiger partial charge in [0.1, 0.15) is 11.0 Å². The summed E-state index contributed by atoms with van der Waals surface area (Å²) in [5.74, 6) is 1.19. The SMILES string of the molecule is COc1nc2cc(Cl)c(Cl)c(-c3cccnc3)c2nc1OC.COc1nc2cc(Cl)c(Cl)c(I)c2nc1OC. The molecule has 2 aromatic carbocycles. The molecule has 0 aliphatic heterocycles. The number of pyridine rings is 1. The normalized spacial score (nSPS) is 10.7. The summed E-state index contributed by atoms with van der Waals surface area (Å²) in [5, 5.41) is 1.67. The summed E-state index contributed by atoms with van der Waals surface area (Å²) in [7, 11) is 6.00. The van der Waals surface area contributed by atoms with E-state index in [4.69, 9.17) is 65.4 Å². The van der Waals surface area contributed by atoms with Gasteiger partial charge >= 0.3 is 0 Å². The molecule has 0 unspecified atom stereocenters. The Labute approximate surface area is 256 Å². The van der Waals surface area contributed by atoms with E-state index in [9.17, 15) is 0 Å². The van der Waals surface area contributed by atoms with Crippen molar-refractivity contribution in [3.63, 3.8) is 0 Å². The first-order valence-corrected chi connectivity index (χ1v) is 13.4. The second-order valence-corrected chi connectivity index (χ2v) is 10.1. The maximum absolute atomic E-state index is 6.38. The van der Waals surface area contributed by atoms with Crippen LogP contribution in [0.3, 0.4) is 0 Å². The Morgan fingerprint density at radius 3 is 1.67 bits per heavy atom. The van der Waals surface area contributed by atoms with Crippen LogP contribution in [0.2, 0.25) is 20.1 Å². The maximum atomic E-state index is 6.38. The lowest BCUT2D eigenvalue weighted by Crippen LogP contribution is -1.99. The van der Waals surface area contributed by atoms with Crippen LogP contribution in [0.5, 0.6) is 23.5 Å². The molecule has 0 bridgehead atoms. The molecule has 202 valence electrons. The van der Waals surface area contributed by atoms with E-state index in [-0.39, 0.29) is 11.8 Å². The first-order chi connectivity index (χ1) is 18.7. The molecule has 0 aliphatic rings. The number of aromatic nitrogens is 5. The number of nitrogens with zero attached hydrogens (tertiary/aromatic N) is 5. The molecule has 14 heteroatoms. The van der Waals surface area contributed by atoms with E-state index in [0.717, 1.165) is 9.13 Å². The highest BCUT2D eigenvalue weighted by Gasteiger charge is 2.19. The fourth-order valence-electron chi connectivity index (χ4n) is 3.49. The second-order valence-electron chi connectivity index (χ2n) is 7.50. The van der Waals surface area contributed by atoms with Gasteiger partial charge in [-0.3, -0.25) is 4.98 Å². The number of halogens is 5. The van der Waals surface area contributed by atoms with E-state index in [2.05, 4.69) is 47.5 Å². The zero-order valence-corrected chi connectivity index (χ0v) is 25.9. The lowest BCUT2D eigenvalue weighted by atomic mass is 10.1. The molecule has 3 aromatic heterocycles. The van der Waals surface area contributed by atoms with Crippen molar-refractivity contribution in [3.05, 3.63) is 60.3 Å². The molecule has 0 fully saturated rings. The number of fused-ring (bicyclic) bond motifs is 2. The maximum Gasteiger partial charge on any atom is 0.278 e. The number of ether oxygens (including phenoxy) is 4. The Hall–Kier alpha value is -2.64. The topological polar surface area (TPSA) is 101 Å². The molecule has 0 radical (unpaired) electrons. The van der Waals surface area contributed by atoms with Gasteiger partial charge in [0.2, 0.25) is 0 Å². The van der Waals surface area contributed by atoms with Gasteiger partial charge in [-0.25, -0.2) is 19.9 Å². The van der Waals surface area contributed by atoms with Crippen LogP contribution in [-0.4, -0.2) is 53.4 Å². The summed E-state index contributed by atoms with van der Waals surface area (Å²) in [6, 6.07) is 6.99. The molecule has 5 aromatic rings. The number of hydrogen-bond acceptors (Lipinski definition) is 9. The van der Waals surface area contributed by atoms with Crippen molar-refractivity contribution in [1.82, 2.24) is 24.9 Å². The molecule has 0 spiro atoms. The summed E-state index contributed by atoms with van der Waals surface area (Å²) in [6.07, 6.45) is 3.37. The molecule has 3 heterocycles. The van der Waals surface area contributed by atoms with Crippen LogP contribution >= 0.6 is 69.0 Å². The van der Waals surface area contributed by atoms with Gasteiger partial charge in [-0.1, -0.05) is 52.5 Å². The van der Waals surface area contributed by atoms with Gasteiger partial charge in [0, 0.05) is 23.5 Å². The predicted octanol–water partition coefficient (Wildman–Crippen LogP) is 7.57. The van der Waals surface area contributed by atoms with E-state index < -0.39 is 0 Å². The van der Waals surface area contributed by atoms with E-state index in [0.29, 0.717) is 59.5 Å². The van der Waals surface area contributed by atoms with Crippen molar-refractivity contribution in [2.45, 2.75) is 0 Å². The Kier molecular flexibility index (Phi) is 9.55. The van der Waals surface area contributed by atoms with Crippen LogP contribution in [0, 0.1) is 3.57 Å². The molecule has 0 N–H and O–H groups in total. The lowest BCUT2D eigenvalue weighted by molar-refractivity contribution is 0.334. The zero-order chi connectivity index (χ0) is 28.3. The highest BCUT2D eigenvalue weighted by atomic mass is 127. The van der Waals surface area contributed by atoms with Crippen LogP contribution < -0.4 is 18.9 Å². The average Bonchev–Trinajstić information content (AvgIpc) is 2.96. The van der Waals surface area contributed by atoms with Crippen molar-refractivity contribution in [2.24, 2.45) is 0 Å². The van der Waals surface area contributed by atoms with Crippen LogP contribution in [-0.2, 0) is 0 Å². The van der Waals surface area contributed by atoms with Crippen LogP contribution in [0.1, 0.15) is 0 Å². The molecule has 0 aliphatic carbocycles. The molecule has 9 nitrogen and oxygen atoms in total. The second kappa shape index (κ2) is 12.7. The lowest BCUT2D eigenvalue weighted by Gasteiger charge is -2.12. The molecule has 0 amide bonds. The molecule has 0 saturated carbocycles. The number of rotatable bonds is 5. The monoisotopic (exact) mass is 719 g/mol. The van der Waals surface area contributed by atoms with Gasteiger partial charge in [0.05, 0.1) is 63.1 Å². The van der Waals surface area contributed by atoms with Gasteiger partial charge in [0.15, 0.2) is 0 Å². The van der Waals surface area contributed by atoms with Crippen LogP contribution in [0.4, 0.5) is 0 Å². The minimum absolute atomic E-state index is 0.276. The smallest absolute Gasteiger partial charge is 0.278 e. The molecule has 0 atom stereocenters. The van der Waals surface area contributed by atoms with Crippen molar-refractivity contribution in [2.75, 3.05) is 28.4 Å². The Balaban J connectivity index is 0.000000187. The molecule has 5 rings (SSSR count). The van der Waals surface area contributed by atoms with Crippen LogP contribution in [0.15, 0.2) is 36.7 Å². The third-order valence-corrected chi connectivity index (χ3v) is 8.19. The van der Waals surface area contributed by atoms with E-state index >= 15 is 0 Å². The van der Waals surface area contributed by atoms with Gasteiger partial charge < -0.3 is 18.9 Å². The number of methoxy groups -OCH3 is 4. The van der Waals surface area contributed by atoms with Crippen LogP contribution in [0.25, 0.3) is 33.2 Å². The fourth-order valence-corrected chi connectivity index (χ4v) is 5.13. The van der Waals surface area contributed by atoms with Crippen molar-refractivity contribution in [1.29, 1.82) is 0 Å². The Morgan fingerprint density at radius 2 is 1.15 bits per heavy atom. The first-order valence-electron chi connectivity index (χ1n) is 10.8. The van der Waals surface area contributed by atoms with E-state index in [1.807, 2.05) is 12.1 Å². The first kappa shape index (κ1) is 29.3. The van der Waals surface area contributed by atoms with Gasteiger partial charge in [-0.2, -0.15) is 0 Å². The highest BCUT2D eigenvalue weighted by Crippen LogP contribution is 2.40. The standard InChI is InChI=1S/C15H11Cl2N3O2.C10H7Cl2IN2O2/c1-21-14-15(22-2)20-13-10(19-14)6-9(16)12(17)11(13)8-4-3-5-18-7-8;1-16-9-10(17-2)15-8-5(14-9)3-4(11)6(12)7(8)13/h3-7H,1-2H3;3H,1-2H3. The van der Waals surface area contributed by atoms with E-state index in [1.54, 1.807) is 24.5 Å². The minimum Gasteiger partial charge on any atom is -0.477 e. The average molecular weight is 721 g/mol. The molecule has 0 saturated heterocycles. The third kappa shape index (κ3) is 5.94. The third-order valence-electron chi connectivity index (χ3n) is 5.25. The van der Waals surface area contributed by atoms with Crippen molar-refractivity contribution in [3.8, 4) is 34.6 Å². The summed E-state index contributed by atoms with van der Waals surface area (Å²) >= 11 is 26.7. The van der Waals surface area contributed by atoms with Crippen molar-refractivity contribution >= 4 is 91.1 Å². The zero-order valence-electron chi connectivity index (χ0n) is 20.7. The predicted molar refractivity (Wildman–Crippen MR) is 161 cm³/mol. The summed E-state index contributed by atoms with van der Waals surface area (Å²) < 4.78 is 21.3. The van der Waals surface area contributed by atoms with Gasteiger partial charge in [-0.05, 0) is 40.8 Å². The largest absolute Gasteiger partial charge is 0.477 e. The summed E-state index contributed by atoms with van der Waals surface area (Å²) in [4.78, 5) is 21.5. The summed E-state index contributed by atoms with van der Waals surface area (Å²) in [6.45, 7) is 0. The Morgan fingerprint density at radius 1 is 0.667 bits per heavy atom. The number of hydrogen-bond donors (Lipinski definition) is 0. The van der Waals surface area contributed by atoms with E-state index in [1.165, 1.54) is 28.4 Å². The minimum atomic E-state index is 0.276. The highest BCUT2D eigenvalue weighted by molar-refractivity contribution is 14.1. The molecular weight excluding hydrogens is 703 g/mol. The fraction of sp³-hybridized carbons (Fsp3) is 0.160. The summed E-state index contributed by atoms with van der Waals surface area (Å²) in [5.41, 5.74) is 3.83. The molecule has 39 heavy (non-hydrogen) atoms.